The number of ketones is 1. The predicted molar refractivity (Wildman–Crippen MR) is 84.7 cm³/mol. The van der Waals surface area contributed by atoms with Gasteiger partial charge >= 0.3 is 0 Å². The number of carbonyl (C=O) groups is 1. The van der Waals surface area contributed by atoms with Crippen LogP contribution in [0.5, 0.6) is 0 Å². The van der Waals surface area contributed by atoms with E-state index in [4.69, 9.17) is 4.74 Å². The van der Waals surface area contributed by atoms with Gasteiger partial charge in [0.1, 0.15) is 0 Å². The van der Waals surface area contributed by atoms with Gasteiger partial charge < -0.3 is 10.1 Å². The van der Waals surface area contributed by atoms with Crippen LogP contribution in [-0.4, -0.2) is 31.6 Å². The van der Waals surface area contributed by atoms with Gasteiger partial charge in [-0.1, -0.05) is 42.5 Å². The highest BCUT2D eigenvalue weighted by molar-refractivity contribution is 6.08. The first kappa shape index (κ1) is 14.2. The average molecular weight is 283 g/mol. The maximum atomic E-state index is 12.4. The van der Waals surface area contributed by atoms with Gasteiger partial charge in [0.15, 0.2) is 5.78 Å². The van der Waals surface area contributed by atoms with Gasteiger partial charge in [-0.3, -0.25) is 4.79 Å². The number of benzene rings is 2. The topological polar surface area (TPSA) is 38.3 Å². The van der Waals surface area contributed by atoms with Crippen molar-refractivity contribution >= 4 is 16.6 Å². The van der Waals surface area contributed by atoms with E-state index in [1.165, 1.54) is 0 Å². The van der Waals surface area contributed by atoms with E-state index in [-0.39, 0.29) is 5.78 Å². The van der Waals surface area contributed by atoms with Gasteiger partial charge in [0.2, 0.25) is 0 Å². The number of fused-ring (bicyclic) bond motifs is 1. The molecule has 1 aliphatic heterocycles. The molecule has 3 heteroatoms. The number of nitrogens with one attached hydrogen (secondary N) is 1. The van der Waals surface area contributed by atoms with Gasteiger partial charge in [0, 0.05) is 12.0 Å². The second kappa shape index (κ2) is 6.83. The highest BCUT2D eigenvalue weighted by Gasteiger charge is 2.15. The summed E-state index contributed by atoms with van der Waals surface area (Å²) in [4.78, 5) is 12.4. The quantitative estimate of drug-likeness (QED) is 0.857. The third kappa shape index (κ3) is 3.49. The lowest BCUT2D eigenvalue weighted by molar-refractivity contribution is 0.0314. The smallest absolute Gasteiger partial charge is 0.165 e. The zero-order valence-corrected chi connectivity index (χ0v) is 12.2. The Morgan fingerprint density at radius 1 is 1.10 bits per heavy atom. The molecule has 0 aliphatic carbocycles. The van der Waals surface area contributed by atoms with Crippen LogP contribution >= 0.6 is 0 Å². The van der Waals surface area contributed by atoms with Crippen LogP contribution in [0, 0.1) is 0 Å². The largest absolute Gasteiger partial charge is 0.378 e. The SMILES string of the molecule is O=C(CCOC1CCNCC1)c1cccc2ccccc12. The van der Waals surface area contributed by atoms with E-state index in [0.29, 0.717) is 19.1 Å². The molecule has 0 radical (unpaired) electrons. The number of hydrogen-bond acceptors (Lipinski definition) is 3. The molecule has 0 amide bonds. The van der Waals surface area contributed by atoms with Crippen LogP contribution < -0.4 is 5.32 Å². The molecule has 2 aromatic rings. The lowest BCUT2D eigenvalue weighted by Crippen LogP contribution is -2.32. The molecule has 1 saturated heterocycles. The first-order chi connectivity index (χ1) is 10.3. The summed E-state index contributed by atoms with van der Waals surface area (Å²) in [5.41, 5.74) is 0.807. The van der Waals surface area contributed by atoms with Gasteiger partial charge in [0.05, 0.1) is 12.7 Å². The molecular weight excluding hydrogens is 262 g/mol. The van der Waals surface area contributed by atoms with Gasteiger partial charge in [-0.25, -0.2) is 0 Å². The second-order valence-electron chi connectivity index (χ2n) is 5.52. The van der Waals surface area contributed by atoms with E-state index in [2.05, 4.69) is 5.32 Å². The lowest BCUT2D eigenvalue weighted by atomic mass is 10.00. The number of piperidine rings is 1. The highest BCUT2D eigenvalue weighted by atomic mass is 16.5. The monoisotopic (exact) mass is 283 g/mol. The number of hydrogen-bond donors (Lipinski definition) is 1. The van der Waals surface area contributed by atoms with Crippen molar-refractivity contribution in [1.82, 2.24) is 5.32 Å². The molecule has 2 aromatic carbocycles. The molecule has 1 aliphatic rings. The second-order valence-corrected chi connectivity index (χ2v) is 5.52. The lowest BCUT2D eigenvalue weighted by Gasteiger charge is -2.22. The molecule has 1 fully saturated rings. The summed E-state index contributed by atoms with van der Waals surface area (Å²) in [7, 11) is 0. The van der Waals surface area contributed by atoms with Crippen LogP contribution in [0.4, 0.5) is 0 Å². The summed E-state index contributed by atoms with van der Waals surface area (Å²) in [5.74, 6) is 0.167. The van der Waals surface area contributed by atoms with Crippen LogP contribution in [-0.2, 0) is 4.74 Å². The Morgan fingerprint density at radius 3 is 2.71 bits per heavy atom. The van der Waals surface area contributed by atoms with E-state index in [1.54, 1.807) is 0 Å². The predicted octanol–water partition coefficient (Wildman–Crippen LogP) is 3.18. The zero-order chi connectivity index (χ0) is 14.5. The molecule has 3 nitrogen and oxygen atoms in total. The van der Waals surface area contributed by atoms with Crippen molar-refractivity contribution in [3.63, 3.8) is 0 Å². The molecule has 3 rings (SSSR count). The maximum Gasteiger partial charge on any atom is 0.165 e. The summed E-state index contributed by atoms with van der Waals surface area (Å²) in [6.07, 6.45) is 2.86. The Balaban J connectivity index is 1.61. The third-order valence-electron chi connectivity index (χ3n) is 4.06. The normalized spacial score (nSPS) is 16.2. The number of carbonyl (C=O) groups excluding carboxylic acids is 1. The zero-order valence-electron chi connectivity index (χ0n) is 12.2. The number of ether oxygens (including phenoxy) is 1. The molecule has 21 heavy (non-hydrogen) atoms. The van der Waals surface area contributed by atoms with Crippen LogP contribution in [0.1, 0.15) is 29.6 Å². The van der Waals surface area contributed by atoms with Gasteiger partial charge in [-0.15, -0.1) is 0 Å². The molecule has 0 unspecified atom stereocenters. The van der Waals surface area contributed by atoms with E-state index < -0.39 is 0 Å². The van der Waals surface area contributed by atoms with Crippen LogP contribution in [0.2, 0.25) is 0 Å². The van der Waals surface area contributed by atoms with Crippen LogP contribution in [0.15, 0.2) is 42.5 Å². The molecule has 0 spiro atoms. The number of Topliss-reactive ketones (excluding diaryl/α,β-unsaturated/α-hetero) is 1. The molecule has 0 saturated carbocycles. The molecule has 1 heterocycles. The maximum absolute atomic E-state index is 12.4. The van der Waals surface area contributed by atoms with Crippen molar-refractivity contribution in [2.45, 2.75) is 25.4 Å². The standard InChI is InChI=1S/C18H21NO2/c20-18(10-13-21-15-8-11-19-12-9-15)17-7-3-5-14-4-1-2-6-16(14)17/h1-7,15,19H,8-13H2. The van der Waals surface area contributed by atoms with Crippen LogP contribution in [0.3, 0.4) is 0 Å². The van der Waals surface area contributed by atoms with Crippen LogP contribution in [0.25, 0.3) is 10.8 Å². The third-order valence-corrected chi connectivity index (χ3v) is 4.06. The first-order valence-corrected chi connectivity index (χ1v) is 7.68. The van der Waals surface area contributed by atoms with Crippen molar-refractivity contribution in [2.75, 3.05) is 19.7 Å². The summed E-state index contributed by atoms with van der Waals surface area (Å²) < 4.78 is 5.83. The van der Waals surface area contributed by atoms with E-state index in [0.717, 1.165) is 42.3 Å². The molecular formula is C18H21NO2. The Morgan fingerprint density at radius 2 is 1.86 bits per heavy atom. The van der Waals surface area contributed by atoms with Crippen molar-refractivity contribution in [3.05, 3.63) is 48.0 Å². The Hall–Kier alpha value is -1.71. The fourth-order valence-electron chi connectivity index (χ4n) is 2.88. The van der Waals surface area contributed by atoms with E-state index in [9.17, 15) is 4.79 Å². The van der Waals surface area contributed by atoms with Crippen molar-refractivity contribution < 1.29 is 9.53 Å². The van der Waals surface area contributed by atoms with Crippen molar-refractivity contribution in [3.8, 4) is 0 Å². The Labute approximate surface area is 125 Å². The summed E-state index contributed by atoms with van der Waals surface area (Å²) in [6.45, 7) is 2.55. The molecule has 1 N–H and O–H groups in total. The Kier molecular flexibility index (Phi) is 4.63. The van der Waals surface area contributed by atoms with Crippen molar-refractivity contribution in [2.24, 2.45) is 0 Å². The van der Waals surface area contributed by atoms with E-state index in [1.807, 2.05) is 42.5 Å². The summed E-state index contributed by atoms with van der Waals surface area (Å²) in [5, 5.41) is 5.46. The van der Waals surface area contributed by atoms with Gasteiger partial charge in [-0.2, -0.15) is 0 Å². The average Bonchev–Trinajstić information content (AvgIpc) is 2.55. The summed E-state index contributed by atoms with van der Waals surface area (Å²) in [6, 6.07) is 13.9. The molecule has 0 aromatic heterocycles. The summed E-state index contributed by atoms with van der Waals surface area (Å²) >= 11 is 0. The fourth-order valence-corrected chi connectivity index (χ4v) is 2.88. The minimum Gasteiger partial charge on any atom is -0.378 e. The van der Waals surface area contributed by atoms with Gasteiger partial charge in [-0.05, 0) is 36.7 Å². The first-order valence-electron chi connectivity index (χ1n) is 7.68. The Bertz CT molecular complexity index is 612. The van der Waals surface area contributed by atoms with Crippen molar-refractivity contribution in [1.29, 1.82) is 0 Å². The fraction of sp³-hybridized carbons (Fsp3) is 0.389. The minimum absolute atomic E-state index is 0.167. The molecule has 0 atom stereocenters. The number of rotatable bonds is 5. The minimum atomic E-state index is 0.167. The molecule has 0 bridgehead atoms. The molecule has 110 valence electrons. The van der Waals surface area contributed by atoms with E-state index >= 15 is 0 Å². The highest BCUT2D eigenvalue weighted by Crippen LogP contribution is 2.20. The van der Waals surface area contributed by atoms with Gasteiger partial charge in [0.25, 0.3) is 0 Å².